The Labute approximate surface area is 162 Å². The first-order chi connectivity index (χ1) is 13.5. The van der Waals surface area contributed by atoms with E-state index < -0.39 is 11.2 Å². The summed E-state index contributed by atoms with van der Waals surface area (Å²) in [6.07, 6.45) is 1.60. The molecule has 0 spiro atoms. The number of benzene rings is 1. The maximum absolute atomic E-state index is 13.1. The van der Waals surface area contributed by atoms with Gasteiger partial charge in [-0.2, -0.15) is 4.68 Å². The van der Waals surface area contributed by atoms with Crippen molar-refractivity contribution in [3.63, 3.8) is 0 Å². The second-order valence-electron chi connectivity index (χ2n) is 6.66. The van der Waals surface area contributed by atoms with Gasteiger partial charge in [-0.05, 0) is 18.4 Å². The summed E-state index contributed by atoms with van der Waals surface area (Å²) >= 11 is 0. The summed E-state index contributed by atoms with van der Waals surface area (Å²) in [5.41, 5.74) is 0.289. The zero-order valence-electron chi connectivity index (χ0n) is 16.4. The lowest BCUT2D eigenvalue weighted by atomic mass is 10.2. The highest BCUT2D eigenvalue weighted by Crippen LogP contribution is 2.20. The molecule has 0 aliphatic heterocycles. The van der Waals surface area contributed by atoms with Gasteiger partial charge in [0, 0.05) is 20.0 Å². The molecule has 1 aromatic carbocycles. The molecule has 148 valence electrons. The fourth-order valence-corrected chi connectivity index (χ4v) is 3.31. The average molecular weight is 383 g/mol. The van der Waals surface area contributed by atoms with Gasteiger partial charge in [0.2, 0.25) is 5.91 Å². The molecule has 0 atom stereocenters. The van der Waals surface area contributed by atoms with Gasteiger partial charge in [-0.25, -0.2) is 4.79 Å². The highest BCUT2D eigenvalue weighted by atomic mass is 16.2. The summed E-state index contributed by atoms with van der Waals surface area (Å²) in [7, 11) is 1.64. The minimum Gasteiger partial charge on any atom is -0.372 e. The van der Waals surface area contributed by atoms with Crippen LogP contribution >= 0.6 is 0 Å². The van der Waals surface area contributed by atoms with Crippen molar-refractivity contribution >= 4 is 22.8 Å². The van der Waals surface area contributed by atoms with Gasteiger partial charge in [0.1, 0.15) is 11.2 Å². The third-order valence-corrected chi connectivity index (χ3v) is 4.61. The Kier molecular flexibility index (Phi) is 5.77. The van der Waals surface area contributed by atoms with Gasteiger partial charge in [0.25, 0.3) is 5.56 Å². The van der Waals surface area contributed by atoms with E-state index in [0.717, 1.165) is 5.56 Å². The summed E-state index contributed by atoms with van der Waals surface area (Å²) in [4.78, 5) is 38.7. The van der Waals surface area contributed by atoms with Crippen LogP contribution in [0.4, 0.5) is 5.82 Å². The molecule has 28 heavy (non-hydrogen) atoms. The van der Waals surface area contributed by atoms with Crippen LogP contribution in [0.15, 0.2) is 39.9 Å². The van der Waals surface area contributed by atoms with Crippen LogP contribution < -0.4 is 16.6 Å². The Bertz CT molecular complexity index is 1110. The second-order valence-corrected chi connectivity index (χ2v) is 6.66. The third-order valence-electron chi connectivity index (χ3n) is 4.61. The maximum atomic E-state index is 13.1. The van der Waals surface area contributed by atoms with Crippen LogP contribution in [0.3, 0.4) is 0 Å². The highest BCUT2D eigenvalue weighted by Gasteiger charge is 2.23. The third kappa shape index (κ3) is 3.37. The zero-order chi connectivity index (χ0) is 20.3. The van der Waals surface area contributed by atoms with Crippen LogP contribution in [0, 0.1) is 0 Å². The topological polar surface area (TPSA) is 90.9 Å². The molecule has 0 amide bonds. The molecular formula is C20H25N5O3. The summed E-state index contributed by atoms with van der Waals surface area (Å²) in [6, 6.07) is 9.50. The molecule has 0 unspecified atom stereocenters. The van der Waals surface area contributed by atoms with E-state index in [1.165, 1.54) is 13.8 Å². The Morgan fingerprint density at radius 3 is 2.39 bits per heavy atom. The van der Waals surface area contributed by atoms with Gasteiger partial charge in [-0.1, -0.05) is 44.2 Å². The SMILES string of the molecule is CCCC(=O)n1nc2c(c1NC)c(=O)n(CCC)c(=O)n2Cc1ccccc1. The van der Waals surface area contributed by atoms with E-state index in [4.69, 9.17) is 0 Å². The van der Waals surface area contributed by atoms with E-state index >= 15 is 0 Å². The van der Waals surface area contributed by atoms with Gasteiger partial charge >= 0.3 is 5.69 Å². The van der Waals surface area contributed by atoms with Crippen molar-refractivity contribution in [1.29, 1.82) is 0 Å². The molecule has 0 fully saturated rings. The maximum Gasteiger partial charge on any atom is 0.333 e. The molecule has 2 heterocycles. The number of fused-ring (bicyclic) bond motifs is 1. The average Bonchev–Trinajstić information content (AvgIpc) is 3.09. The Hall–Kier alpha value is -3.16. The molecule has 2 aromatic heterocycles. The lowest BCUT2D eigenvalue weighted by Crippen LogP contribution is -2.40. The predicted octanol–water partition coefficient (Wildman–Crippen LogP) is 2.30. The Balaban J connectivity index is 2.35. The lowest BCUT2D eigenvalue weighted by Gasteiger charge is -2.11. The molecular weight excluding hydrogens is 358 g/mol. The van der Waals surface area contributed by atoms with Crippen LogP contribution in [0.2, 0.25) is 0 Å². The number of nitrogens with zero attached hydrogens (tertiary/aromatic N) is 4. The monoisotopic (exact) mass is 383 g/mol. The lowest BCUT2D eigenvalue weighted by molar-refractivity contribution is 0.0889. The van der Waals surface area contributed by atoms with Crippen molar-refractivity contribution in [3.8, 4) is 0 Å². The van der Waals surface area contributed by atoms with E-state index in [0.29, 0.717) is 31.6 Å². The fraction of sp³-hybridized carbons (Fsp3) is 0.400. The van der Waals surface area contributed by atoms with Crippen LogP contribution in [0.5, 0.6) is 0 Å². The molecule has 3 rings (SSSR count). The standard InChI is InChI=1S/C20H25N5O3/c1-4-9-15(26)25-17(21-3)16-18(22-25)24(13-14-10-7-6-8-11-14)20(28)23(12-5-2)19(16)27/h6-8,10-11,21H,4-5,9,12-13H2,1-3H3. The molecule has 1 N–H and O–H groups in total. The molecule has 3 aromatic rings. The van der Waals surface area contributed by atoms with Crippen molar-refractivity contribution in [2.24, 2.45) is 0 Å². The van der Waals surface area contributed by atoms with E-state index in [-0.39, 0.29) is 23.5 Å². The largest absolute Gasteiger partial charge is 0.372 e. The first-order valence-corrected chi connectivity index (χ1v) is 9.54. The Morgan fingerprint density at radius 1 is 1.07 bits per heavy atom. The van der Waals surface area contributed by atoms with E-state index in [1.807, 2.05) is 44.2 Å². The van der Waals surface area contributed by atoms with Crippen molar-refractivity contribution in [3.05, 3.63) is 56.7 Å². The summed E-state index contributed by atoms with van der Waals surface area (Å²) in [5, 5.41) is 7.56. The van der Waals surface area contributed by atoms with Crippen molar-refractivity contribution in [2.45, 2.75) is 46.2 Å². The number of hydrogen-bond acceptors (Lipinski definition) is 5. The Morgan fingerprint density at radius 2 is 1.79 bits per heavy atom. The zero-order valence-corrected chi connectivity index (χ0v) is 16.4. The number of rotatable bonds is 7. The molecule has 0 radical (unpaired) electrons. The highest BCUT2D eigenvalue weighted by molar-refractivity contribution is 5.94. The fourth-order valence-electron chi connectivity index (χ4n) is 3.31. The van der Waals surface area contributed by atoms with Crippen molar-refractivity contribution in [1.82, 2.24) is 18.9 Å². The molecule has 0 aliphatic rings. The van der Waals surface area contributed by atoms with Crippen molar-refractivity contribution < 1.29 is 4.79 Å². The van der Waals surface area contributed by atoms with E-state index in [1.54, 1.807) is 7.05 Å². The predicted molar refractivity (Wildman–Crippen MR) is 109 cm³/mol. The quantitative estimate of drug-likeness (QED) is 0.676. The van der Waals surface area contributed by atoms with E-state index in [2.05, 4.69) is 10.4 Å². The van der Waals surface area contributed by atoms with Gasteiger partial charge in [-0.15, -0.1) is 5.10 Å². The van der Waals surface area contributed by atoms with Gasteiger partial charge in [-0.3, -0.25) is 18.7 Å². The normalized spacial score (nSPS) is 11.1. The number of aromatic nitrogens is 4. The van der Waals surface area contributed by atoms with Gasteiger partial charge in [0.05, 0.1) is 6.54 Å². The van der Waals surface area contributed by atoms with Crippen LogP contribution in [0.25, 0.3) is 11.0 Å². The van der Waals surface area contributed by atoms with Crippen LogP contribution in [-0.2, 0) is 13.1 Å². The first kappa shape index (κ1) is 19.6. The number of carbonyl (C=O) groups is 1. The molecule has 0 saturated heterocycles. The van der Waals surface area contributed by atoms with E-state index in [9.17, 15) is 14.4 Å². The number of nitrogens with one attached hydrogen (secondary N) is 1. The smallest absolute Gasteiger partial charge is 0.333 e. The summed E-state index contributed by atoms with van der Waals surface area (Å²) in [6.45, 7) is 4.38. The number of carbonyl (C=O) groups excluding carboxylic acids is 1. The number of anilines is 1. The molecule has 0 aliphatic carbocycles. The minimum absolute atomic E-state index is 0.219. The molecule has 8 nitrogen and oxygen atoms in total. The molecule has 8 heteroatoms. The minimum atomic E-state index is -0.425. The second kappa shape index (κ2) is 8.24. The van der Waals surface area contributed by atoms with Crippen LogP contribution in [-0.4, -0.2) is 31.9 Å². The molecule has 0 saturated carbocycles. The van der Waals surface area contributed by atoms with Gasteiger partial charge in [0.15, 0.2) is 5.65 Å². The summed E-state index contributed by atoms with van der Waals surface area (Å²) in [5.74, 6) is 0.105. The van der Waals surface area contributed by atoms with Crippen LogP contribution in [0.1, 0.15) is 43.5 Å². The summed E-state index contributed by atoms with van der Waals surface area (Å²) < 4.78 is 3.91. The molecule has 0 bridgehead atoms. The van der Waals surface area contributed by atoms with Gasteiger partial charge < -0.3 is 5.32 Å². The first-order valence-electron chi connectivity index (χ1n) is 9.54. The van der Waals surface area contributed by atoms with Crippen molar-refractivity contribution in [2.75, 3.05) is 12.4 Å². The number of hydrogen-bond donors (Lipinski definition) is 1.